The lowest BCUT2D eigenvalue weighted by Crippen LogP contribution is -2.50. The van der Waals surface area contributed by atoms with E-state index < -0.39 is 5.82 Å². The molecule has 2 N–H and O–H groups in total. The third-order valence-corrected chi connectivity index (χ3v) is 6.88. The van der Waals surface area contributed by atoms with Gasteiger partial charge in [-0.1, -0.05) is 17.7 Å². The molecule has 3 heterocycles. The first-order valence-corrected chi connectivity index (χ1v) is 12.8. The number of nitrogens with one attached hydrogen (secondary N) is 2. The van der Waals surface area contributed by atoms with E-state index in [2.05, 4.69) is 25.5 Å². The van der Waals surface area contributed by atoms with Crippen molar-refractivity contribution in [2.45, 2.75) is 25.0 Å². The van der Waals surface area contributed by atoms with Crippen molar-refractivity contribution in [1.82, 2.24) is 14.9 Å². The molecule has 38 heavy (non-hydrogen) atoms. The molecule has 2 atom stereocenters. The maximum atomic E-state index is 13.6. The number of carbonyl (C=O) groups excluding carboxylic acids is 1. The van der Waals surface area contributed by atoms with Gasteiger partial charge >= 0.3 is 0 Å². The zero-order valence-corrected chi connectivity index (χ0v) is 21.7. The summed E-state index contributed by atoms with van der Waals surface area (Å²) in [7, 11) is 1.70. The van der Waals surface area contributed by atoms with Crippen molar-refractivity contribution in [2.24, 2.45) is 0 Å². The largest absolute Gasteiger partial charge is 0.486 e. The van der Waals surface area contributed by atoms with E-state index in [1.54, 1.807) is 25.3 Å². The van der Waals surface area contributed by atoms with Crippen LogP contribution in [0.5, 0.6) is 5.75 Å². The second-order valence-corrected chi connectivity index (χ2v) is 9.64. The second-order valence-electron chi connectivity index (χ2n) is 9.23. The molecule has 2 aliphatic rings. The lowest BCUT2D eigenvalue weighted by Gasteiger charge is -2.39. The number of rotatable bonds is 10. The summed E-state index contributed by atoms with van der Waals surface area (Å²) in [5, 5.41) is 6.74. The molecular weight excluding hydrogens is 513 g/mol. The molecule has 0 radical (unpaired) electrons. The van der Waals surface area contributed by atoms with E-state index in [0.717, 1.165) is 19.4 Å². The Balaban J connectivity index is 1.39. The highest BCUT2D eigenvalue weighted by Crippen LogP contribution is 2.35. The predicted octanol–water partition coefficient (Wildman–Crippen LogP) is 4.55. The Labute approximate surface area is 224 Å². The number of anilines is 3. The SMILES string of the molecule is COCC1CCN1CC=CC(=O)Nc1cc2c(Nc3ccc(F)c(Cl)c3)ncnc2cc1OC1CCOC1. The Hall–Kier alpha value is -3.31. The van der Waals surface area contributed by atoms with E-state index in [1.807, 2.05) is 6.08 Å². The molecule has 9 nitrogen and oxygen atoms in total. The molecule has 11 heteroatoms. The minimum absolute atomic E-state index is 0.00524. The highest BCUT2D eigenvalue weighted by Gasteiger charge is 2.26. The van der Waals surface area contributed by atoms with Gasteiger partial charge in [0, 0.05) is 55.9 Å². The van der Waals surface area contributed by atoms with Gasteiger partial charge in [0.1, 0.15) is 29.8 Å². The molecule has 1 amide bonds. The zero-order chi connectivity index (χ0) is 26.5. The summed E-state index contributed by atoms with van der Waals surface area (Å²) in [6.07, 6.45) is 6.52. The summed E-state index contributed by atoms with van der Waals surface area (Å²) in [5.41, 5.74) is 1.65. The minimum Gasteiger partial charge on any atom is -0.486 e. The maximum Gasteiger partial charge on any atom is 0.248 e. The summed E-state index contributed by atoms with van der Waals surface area (Å²) in [4.78, 5) is 23.9. The Morgan fingerprint density at radius 3 is 2.92 bits per heavy atom. The van der Waals surface area contributed by atoms with E-state index in [4.69, 9.17) is 25.8 Å². The van der Waals surface area contributed by atoms with Crippen LogP contribution in [-0.4, -0.2) is 72.9 Å². The van der Waals surface area contributed by atoms with Crippen LogP contribution in [0.15, 0.2) is 48.8 Å². The number of hydrogen-bond acceptors (Lipinski definition) is 8. The molecule has 1 aromatic heterocycles. The van der Waals surface area contributed by atoms with Crippen molar-refractivity contribution in [3.8, 4) is 5.75 Å². The Morgan fingerprint density at radius 1 is 1.29 bits per heavy atom. The fraction of sp³-hybridized carbons (Fsp3) is 0.370. The topological polar surface area (TPSA) is 97.8 Å². The van der Waals surface area contributed by atoms with Crippen molar-refractivity contribution in [1.29, 1.82) is 0 Å². The van der Waals surface area contributed by atoms with Crippen LogP contribution in [0.1, 0.15) is 12.8 Å². The molecule has 5 rings (SSSR count). The maximum absolute atomic E-state index is 13.6. The molecule has 3 aromatic rings. The van der Waals surface area contributed by atoms with Crippen LogP contribution in [0.2, 0.25) is 5.02 Å². The van der Waals surface area contributed by atoms with Crippen LogP contribution >= 0.6 is 11.6 Å². The van der Waals surface area contributed by atoms with Crippen molar-refractivity contribution >= 4 is 45.6 Å². The van der Waals surface area contributed by atoms with Crippen LogP contribution in [0.4, 0.5) is 21.6 Å². The molecule has 0 bridgehead atoms. The Morgan fingerprint density at radius 2 is 2.18 bits per heavy atom. The normalized spacial score (nSPS) is 19.6. The average molecular weight is 542 g/mol. The van der Waals surface area contributed by atoms with Gasteiger partial charge < -0.3 is 24.8 Å². The first kappa shape index (κ1) is 26.3. The monoisotopic (exact) mass is 541 g/mol. The lowest BCUT2D eigenvalue weighted by atomic mass is 10.0. The second kappa shape index (κ2) is 12.0. The van der Waals surface area contributed by atoms with Crippen molar-refractivity contribution in [3.05, 3.63) is 59.7 Å². The molecule has 0 saturated carbocycles. The van der Waals surface area contributed by atoms with Gasteiger partial charge in [0.2, 0.25) is 5.91 Å². The minimum atomic E-state index is -0.510. The predicted molar refractivity (Wildman–Crippen MR) is 144 cm³/mol. The zero-order valence-electron chi connectivity index (χ0n) is 21.0. The molecule has 0 spiro atoms. The summed E-state index contributed by atoms with van der Waals surface area (Å²) in [5.74, 6) is 0.176. The number of fused-ring (bicyclic) bond motifs is 1. The van der Waals surface area contributed by atoms with Gasteiger partial charge in [-0.2, -0.15) is 0 Å². The van der Waals surface area contributed by atoms with Crippen LogP contribution < -0.4 is 15.4 Å². The lowest BCUT2D eigenvalue weighted by molar-refractivity contribution is -0.112. The number of benzene rings is 2. The fourth-order valence-corrected chi connectivity index (χ4v) is 4.64. The van der Waals surface area contributed by atoms with Gasteiger partial charge in [0.05, 0.1) is 36.0 Å². The standard InChI is InChI=1S/C27H29ClFN5O4/c1-36-14-18-6-9-34(18)8-2-3-26(35)33-24-12-20-23(13-25(24)38-19-7-10-37-15-19)30-16-31-27(20)32-17-4-5-22(29)21(28)11-17/h2-5,11-13,16,18-19H,6-10,14-15H2,1H3,(H,33,35)(H,30,31,32). The fourth-order valence-electron chi connectivity index (χ4n) is 4.46. The van der Waals surface area contributed by atoms with Gasteiger partial charge in [-0.3, -0.25) is 9.69 Å². The number of aromatic nitrogens is 2. The first-order chi connectivity index (χ1) is 18.5. The van der Waals surface area contributed by atoms with Crippen molar-refractivity contribution < 1.29 is 23.4 Å². The van der Waals surface area contributed by atoms with Crippen molar-refractivity contribution in [3.63, 3.8) is 0 Å². The van der Waals surface area contributed by atoms with Gasteiger partial charge in [-0.05, 0) is 30.7 Å². The van der Waals surface area contributed by atoms with Crippen LogP contribution in [0, 0.1) is 5.82 Å². The van der Waals surface area contributed by atoms with Gasteiger partial charge in [-0.15, -0.1) is 0 Å². The van der Waals surface area contributed by atoms with Crippen LogP contribution in [0.3, 0.4) is 0 Å². The summed E-state index contributed by atoms with van der Waals surface area (Å²) in [6, 6.07) is 8.25. The number of methoxy groups -OCH3 is 1. The van der Waals surface area contributed by atoms with E-state index in [0.29, 0.717) is 66.3 Å². The number of carbonyl (C=O) groups is 1. The highest BCUT2D eigenvalue weighted by atomic mass is 35.5. The summed E-state index contributed by atoms with van der Waals surface area (Å²) < 4.78 is 30.5. The number of nitrogens with zero attached hydrogens (tertiary/aromatic N) is 3. The van der Waals surface area contributed by atoms with Gasteiger partial charge in [0.25, 0.3) is 0 Å². The summed E-state index contributed by atoms with van der Waals surface area (Å²) >= 11 is 5.94. The smallest absolute Gasteiger partial charge is 0.248 e. The van der Waals surface area contributed by atoms with Crippen LogP contribution in [0.25, 0.3) is 10.9 Å². The third kappa shape index (κ3) is 6.21. The number of hydrogen-bond donors (Lipinski definition) is 2. The molecule has 2 aromatic carbocycles. The highest BCUT2D eigenvalue weighted by molar-refractivity contribution is 6.31. The molecule has 2 unspecified atom stereocenters. The molecule has 2 fully saturated rings. The van der Waals surface area contributed by atoms with Crippen molar-refractivity contribution in [2.75, 3.05) is 50.7 Å². The molecule has 2 aliphatic heterocycles. The van der Waals surface area contributed by atoms with Gasteiger partial charge in [0.15, 0.2) is 0 Å². The Bertz CT molecular complexity index is 1330. The van der Waals surface area contributed by atoms with E-state index >= 15 is 0 Å². The number of likely N-dealkylation sites (tertiary alicyclic amines) is 1. The average Bonchev–Trinajstić information content (AvgIpc) is 3.40. The summed E-state index contributed by atoms with van der Waals surface area (Å²) in [6.45, 7) is 3.45. The van der Waals surface area contributed by atoms with E-state index in [-0.39, 0.29) is 17.0 Å². The molecule has 2 saturated heterocycles. The van der Waals surface area contributed by atoms with Crippen LogP contribution in [-0.2, 0) is 14.3 Å². The quantitative estimate of drug-likeness (QED) is 0.361. The Kier molecular flexibility index (Phi) is 8.33. The number of ether oxygens (including phenoxy) is 3. The number of amides is 1. The molecule has 200 valence electrons. The molecule has 0 aliphatic carbocycles. The van der Waals surface area contributed by atoms with E-state index in [1.165, 1.54) is 24.5 Å². The molecular formula is C27H29ClFN5O4. The first-order valence-electron chi connectivity index (χ1n) is 12.5. The third-order valence-electron chi connectivity index (χ3n) is 6.59. The number of halogens is 2. The van der Waals surface area contributed by atoms with E-state index in [9.17, 15) is 9.18 Å². The van der Waals surface area contributed by atoms with Gasteiger partial charge in [-0.25, -0.2) is 14.4 Å².